The van der Waals surface area contributed by atoms with Gasteiger partial charge in [0.05, 0.1) is 36.6 Å². The number of nitrogens with zero attached hydrogens (tertiary/aromatic N) is 5. The largest absolute Gasteiger partial charge is 0.494 e. The Hall–Kier alpha value is -3.13. The zero-order chi connectivity index (χ0) is 29.7. The van der Waals surface area contributed by atoms with Gasteiger partial charge in [0.15, 0.2) is 5.82 Å². The molecule has 12 nitrogen and oxygen atoms in total. The molecule has 0 aliphatic carbocycles. The second-order valence-corrected chi connectivity index (χ2v) is 13.0. The van der Waals surface area contributed by atoms with Gasteiger partial charge in [-0.3, -0.25) is 4.79 Å². The van der Waals surface area contributed by atoms with Gasteiger partial charge in [-0.25, -0.2) is 17.7 Å². The molecule has 2 aliphatic rings. The van der Waals surface area contributed by atoms with E-state index < -0.39 is 10.0 Å². The van der Waals surface area contributed by atoms with Gasteiger partial charge in [-0.15, -0.1) is 0 Å². The third-order valence-electron chi connectivity index (χ3n) is 7.48. The van der Waals surface area contributed by atoms with Gasteiger partial charge in [-0.05, 0) is 51.9 Å². The zero-order valence-electron chi connectivity index (χ0n) is 24.0. The third kappa shape index (κ3) is 7.79. The summed E-state index contributed by atoms with van der Waals surface area (Å²) in [5.74, 6) is 0.876. The molecule has 2 aliphatic heterocycles. The molecule has 14 heteroatoms. The maximum atomic E-state index is 12.3. The van der Waals surface area contributed by atoms with Crippen molar-refractivity contribution >= 4 is 56.4 Å². The summed E-state index contributed by atoms with van der Waals surface area (Å²) in [5.41, 5.74) is 2.01. The maximum Gasteiger partial charge on any atom is 0.247 e. The molecule has 1 atom stereocenters. The van der Waals surface area contributed by atoms with E-state index in [1.165, 1.54) is 22.8 Å². The molecule has 2 fully saturated rings. The Bertz CT molecular complexity index is 1370. The van der Waals surface area contributed by atoms with Crippen LogP contribution in [0.15, 0.2) is 31.0 Å². The molecule has 1 aromatic carbocycles. The third-order valence-corrected chi connectivity index (χ3v) is 9.03. The van der Waals surface area contributed by atoms with E-state index in [1.54, 1.807) is 13.2 Å². The highest BCUT2D eigenvalue weighted by molar-refractivity contribution is 7.88. The Morgan fingerprint density at radius 3 is 2.56 bits per heavy atom. The van der Waals surface area contributed by atoms with Crippen LogP contribution in [0.4, 0.5) is 28.8 Å². The fourth-order valence-electron chi connectivity index (χ4n) is 5.21. The lowest BCUT2D eigenvalue weighted by molar-refractivity contribution is -0.111. The summed E-state index contributed by atoms with van der Waals surface area (Å²) in [6.45, 7) is 6.09. The molecule has 1 aromatic heterocycles. The Morgan fingerprint density at radius 2 is 1.93 bits per heavy atom. The molecule has 0 saturated carbocycles. The van der Waals surface area contributed by atoms with Crippen molar-refractivity contribution in [1.82, 2.24) is 19.2 Å². The molecular formula is C27H39ClN8O4S. The van der Waals surface area contributed by atoms with Gasteiger partial charge in [0.1, 0.15) is 10.8 Å². The van der Waals surface area contributed by atoms with E-state index in [-0.39, 0.29) is 17.9 Å². The molecule has 41 heavy (non-hydrogen) atoms. The lowest BCUT2D eigenvalue weighted by Crippen LogP contribution is -2.44. The fraction of sp³-hybridized carbons (Fsp3) is 0.519. The second-order valence-electron chi connectivity index (χ2n) is 10.6. The average molecular weight is 607 g/mol. The number of benzene rings is 1. The average Bonchev–Trinajstić information content (AvgIpc) is 2.94. The van der Waals surface area contributed by atoms with Crippen LogP contribution in [0.1, 0.15) is 25.7 Å². The van der Waals surface area contributed by atoms with Crippen LogP contribution in [-0.4, -0.2) is 99.2 Å². The van der Waals surface area contributed by atoms with Gasteiger partial charge in [0.25, 0.3) is 0 Å². The number of amides is 1. The summed E-state index contributed by atoms with van der Waals surface area (Å²) in [7, 11) is 2.48. The highest BCUT2D eigenvalue weighted by atomic mass is 35.5. The topological polar surface area (TPSA) is 132 Å². The molecule has 3 heterocycles. The predicted molar refractivity (Wildman–Crippen MR) is 164 cm³/mol. The number of nitrogens with one attached hydrogen (secondary N) is 3. The van der Waals surface area contributed by atoms with Gasteiger partial charge in [-0.1, -0.05) is 18.2 Å². The van der Waals surface area contributed by atoms with Gasteiger partial charge < -0.3 is 30.5 Å². The van der Waals surface area contributed by atoms with E-state index in [0.29, 0.717) is 47.1 Å². The number of aromatic nitrogens is 2. The molecule has 224 valence electrons. The molecule has 0 spiro atoms. The highest BCUT2D eigenvalue weighted by Crippen LogP contribution is 2.39. The van der Waals surface area contributed by atoms with Crippen LogP contribution in [0.2, 0.25) is 5.02 Å². The SMILES string of the molecule is C=CC(=O)Nc1cc(Nc2ncc(Cl)c(N[C@H]3CCCN(S(C)(=O)=O)C3)n2)c(OC)cc1N1CCC(N(C)C)CC1. The fourth-order valence-corrected chi connectivity index (χ4v) is 6.27. The number of halogens is 1. The summed E-state index contributed by atoms with van der Waals surface area (Å²) >= 11 is 6.40. The van der Waals surface area contributed by atoms with Gasteiger partial charge in [0.2, 0.25) is 21.9 Å². The van der Waals surface area contributed by atoms with Crippen LogP contribution < -0.4 is 25.6 Å². The smallest absolute Gasteiger partial charge is 0.247 e. The number of hydrogen-bond acceptors (Lipinski definition) is 10. The Balaban J connectivity index is 1.59. The molecule has 3 N–H and O–H groups in total. The molecule has 1 amide bonds. The van der Waals surface area contributed by atoms with E-state index in [2.05, 4.69) is 56.4 Å². The number of piperidine rings is 2. The maximum absolute atomic E-state index is 12.3. The van der Waals surface area contributed by atoms with Crippen molar-refractivity contribution in [2.24, 2.45) is 0 Å². The highest BCUT2D eigenvalue weighted by Gasteiger charge is 2.27. The Morgan fingerprint density at radius 1 is 1.20 bits per heavy atom. The molecule has 0 unspecified atom stereocenters. The molecular weight excluding hydrogens is 568 g/mol. The van der Waals surface area contributed by atoms with Crippen molar-refractivity contribution in [3.05, 3.63) is 36.0 Å². The number of carbonyl (C=O) groups excluding carboxylic acids is 1. The lowest BCUT2D eigenvalue weighted by atomic mass is 10.0. The van der Waals surface area contributed by atoms with Crippen LogP contribution >= 0.6 is 11.6 Å². The van der Waals surface area contributed by atoms with Gasteiger partial charge in [0, 0.05) is 44.3 Å². The minimum atomic E-state index is -3.29. The van der Waals surface area contributed by atoms with E-state index >= 15 is 0 Å². The minimum Gasteiger partial charge on any atom is -0.494 e. The number of rotatable bonds is 10. The molecule has 0 radical (unpaired) electrons. The van der Waals surface area contributed by atoms with E-state index in [0.717, 1.165) is 44.5 Å². The summed E-state index contributed by atoms with van der Waals surface area (Å²) in [6.07, 6.45) is 7.44. The van der Waals surface area contributed by atoms with Gasteiger partial charge >= 0.3 is 0 Å². The van der Waals surface area contributed by atoms with Crippen molar-refractivity contribution in [1.29, 1.82) is 0 Å². The van der Waals surface area contributed by atoms with Crippen LogP contribution in [0.25, 0.3) is 0 Å². The standard InChI is InChI=1S/C27H39ClN8O4S/c1-6-25(37)31-21-14-22(24(40-4)15-23(21)35-12-9-19(10-13-35)34(2)3)32-27-29-16-20(28)26(33-27)30-18-8-7-11-36(17-18)41(5,38)39/h6,14-16,18-19H,1,7-13,17H2,2-5H3,(H,31,37)(H2,29,30,32,33)/t18-/m0/s1. The van der Waals surface area contributed by atoms with Crippen molar-refractivity contribution in [2.45, 2.75) is 37.8 Å². The Labute approximate surface area is 247 Å². The van der Waals surface area contributed by atoms with Crippen LogP contribution in [0, 0.1) is 0 Å². The quantitative estimate of drug-likeness (QED) is 0.346. The van der Waals surface area contributed by atoms with Crippen molar-refractivity contribution in [3.8, 4) is 5.75 Å². The molecule has 0 bridgehead atoms. The molecule has 4 rings (SSSR count). The number of sulfonamides is 1. The van der Waals surface area contributed by atoms with Gasteiger partial charge in [-0.2, -0.15) is 4.98 Å². The van der Waals surface area contributed by atoms with Crippen molar-refractivity contribution in [2.75, 3.05) is 74.5 Å². The van der Waals surface area contributed by atoms with Crippen LogP contribution in [0.3, 0.4) is 0 Å². The van der Waals surface area contributed by atoms with Crippen molar-refractivity contribution in [3.63, 3.8) is 0 Å². The summed E-state index contributed by atoms with van der Waals surface area (Å²) in [6, 6.07) is 4.05. The molecule has 2 saturated heterocycles. The minimum absolute atomic E-state index is 0.148. The van der Waals surface area contributed by atoms with E-state index in [9.17, 15) is 13.2 Å². The first-order valence-electron chi connectivity index (χ1n) is 13.6. The monoisotopic (exact) mass is 606 g/mol. The number of carbonyl (C=O) groups is 1. The Kier molecular flexibility index (Phi) is 9.95. The molecule has 2 aromatic rings. The first-order chi connectivity index (χ1) is 19.5. The first kappa shape index (κ1) is 30.8. The zero-order valence-corrected chi connectivity index (χ0v) is 25.6. The number of hydrogen-bond donors (Lipinski definition) is 3. The van der Waals surface area contributed by atoms with E-state index in [4.69, 9.17) is 16.3 Å². The van der Waals surface area contributed by atoms with Crippen LogP contribution in [0.5, 0.6) is 5.75 Å². The van der Waals surface area contributed by atoms with E-state index in [1.807, 2.05) is 6.07 Å². The van der Waals surface area contributed by atoms with Crippen molar-refractivity contribution < 1.29 is 17.9 Å². The normalized spacial score (nSPS) is 18.7. The summed E-state index contributed by atoms with van der Waals surface area (Å²) in [5, 5.41) is 9.71. The first-order valence-corrected chi connectivity index (χ1v) is 15.8. The van der Waals surface area contributed by atoms with Crippen LogP contribution in [-0.2, 0) is 14.8 Å². The summed E-state index contributed by atoms with van der Waals surface area (Å²) < 4.78 is 31.3. The number of ether oxygens (including phenoxy) is 1. The summed E-state index contributed by atoms with van der Waals surface area (Å²) in [4.78, 5) is 25.7. The second kappa shape index (κ2) is 13.2. The lowest BCUT2D eigenvalue weighted by Gasteiger charge is -2.37. The number of anilines is 5. The number of methoxy groups -OCH3 is 1. The predicted octanol–water partition coefficient (Wildman–Crippen LogP) is 3.37.